The average molecular weight is 520 g/mol. The van der Waals surface area contributed by atoms with Crippen LogP contribution in [0.3, 0.4) is 0 Å². The highest BCUT2D eigenvalue weighted by molar-refractivity contribution is 7.99. The maximum absolute atomic E-state index is 12.3. The predicted molar refractivity (Wildman–Crippen MR) is 145 cm³/mol. The molecular formula is C26H41N5O4S. The van der Waals surface area contributed by atoms with E-state index >= 15 is 0 Å². The van der Waals surface area contributed by atoms with E-state index in [4.69, 9.17) is 0 Å². The first-order valence-electron chi connectivity index (χ1n) is 13.4. The van der Waals surface area contributed by atoms with Gasteiger partial charge in [0.2, 0.25) is 0 Å². The molecule has 9 nitrogen and oxygen atoms in total. The molecule has 36 heavy (non-hydrogen) atoms. The van der Waals surface area contributed by atoms with Gasteiger partial charge in [0, 0.05) is 12.6 Å². The summed E-state index contributed by atoms with van der Waals surface area (Å²) in [5.74, 6) is 0.761. The van der Waals surface area contributed by atoms with Crippen LogP contribution in [0.4, 0.5) is 11.4 Å². The highest BCUT2D eigenvalue weighted by atomic mass is 32.2. The number of thioether (sulfide) groups is 1. The van der Waals surface area contributed by atoms with Crippen molar-refractivity contribution in [2.75, 3.05) is 5.75 Å². The molecule has 10 heteroatoms. The second kappa shape index (κ2) is 17.1. The van der Waals surface area contributed by atoms with Crippen LogP contribution in [-0.2, 0) is 19.4 Å². The maximum Gasteiger partial charge on any atom is 0.293 e. The van der Waals surface area contributed by atoms with Crippen molar-refractivity contribution in [1.29, 1.82) is 0 Å². The van der Waals surface area contributed by atoms with E-state index in [1.165, 1.54) is 50.2 Å². The quantitative estimate of drug-likeness (QED) is 0.0761. The van der Waals surface area contributed by atoms with E-state index in [1.54, 1.807) is 17.1 Å². The lowest BCUT2D eigenvalue weighted by molar-refractivity contribution is -0.397. The summed E-state index contributed by atoms with van der Waals surface area (Å²) in [6, 6.07) is 1.57. The Labute approximate surface area is 218 Å². The van der Waals surface area contributed by atoms with Gasteiger partial charge in [0.25, 0.3) is 11.4 Å². The molecule has 0 saturated heterocycles. The number of nitrogens with zero attached hydrogens (tertiary/aromatic N) is 5. The molecule has 0 fully saturated rings. The fraction of sp³-hybridized carbons (Fsp3) is 0.692. The summed E-state index contributed by atoms with van der Waals surface area (Å²) >= 11 is 1.48. The highest BCUT2D eigenvalue weighted by Crippen LogP contribution is 2.42. The van der Waals surface area contributed by atoms with Gasteiger partial charge >= 0.3 is 0 Å². The van der Waals surface area contributed by atoms with Gasteiger partial charge < -0.3 is 0 Å². The van der Waals surface area contributed by atoms with Crippen LogP contribution in [0, 0.1) is 20.2 Å². The summed E-state index contributed by atoms with van der Waals surface area (Å²) in [5.41, 5.74) is 0.720. The zero-order valence-electron chi connectivity index (χ0n) is 21.8. The van der Waals surface area contributed by atoms with E-state index in [-0.39, 0.29) is 16.9 Å². The van der Waals surface area contributed by atoms with E-state index in [0.29, 0.717) is 36.3 Å². The number of rotatable bonds is 20. The first-order chi connectivity index (χ1) is 17.5. The lowest BCUT2D eigenvalue weighted by atomic mass is 9.98. The molecule has 0 aliphatic carbocycles. The Hall–Kier alpha value is -2.49. The highest BCUT2D eigenvalue weighted by Gasteiger charge is 2.31. The van der Waals surface area contributed by atoms with Crippen LogP contribution in [-0.4, -0.2) is 30.4 Å². The Morgan fingerprint density at radius 2 is 1.50 bits per heavy atom. The minimum absolute atomic E-state index is 0.0673. The number of aryl methyl sites for hydroxylation is 2. The van der Waals surface area contributed by atoms with E-state index in [1.807, 2.05) is 0 Å². The molecule has 0 amide bonds. The summed E-state index contributed by atoms with van der Waals surface area (Å²) < 4.78 is 1.64. The third-order valence-electron chi connectivity index (χ3n) is 6.39. The van der Waals surface area contributed by atoms with E-state index < -0.39 is 9.85 Å². The van der Waals surface area contributed by atoms with E-state index in [0.717, 1.165) is 44.3 Å². The van der Waals surface area contributed by atoms with Crippen LogP contribution in [0.1, 0.15) is 102 Å². The van der Waals surface area contributed by atoms with Crippen LogP contribution in [0.5, 0.6) is 0 Å². The van der Waals surface area contributed by atoms with Crippen LogP contribution >= 0.6 is 11.8 Å². The van der Waals surface area contributed by atoms with Gasteiger partial charge in [-0.15, -0.1) is 11.8 Å². The Bertz CT molecular complexity index is 937. The number of nitro benzene ring substituents is 2. The van der Waals surface area contributed by atoms with Crippen molar-refractivity contribution < 1.29 is 9.85 Å². The third-order valence-corrected chi connectivity index (χ3v) is 7.63. The Kier molecular flexibility index (Phi) is 14.1. The summed E-state index contributed by atoms with van der Waals surface area (Å²) in [6.07, 6.45) is 16.8. The maximum atomic E-state index is 12.3. The second-order valence-electron chi connectivity index (χ2n) is 9.27. The van der Waals surface area contributed by atoms with Crippen LogP contribution in [0.15, 0.2) is 23.6 Å². The monoisotopic (exact) mass is 519 g/mol. The molecule has 200 valence electrons. The lowest BCUT2D eigenvalue weighted by Crippen LogP contribution is -2.09. The number of hydrogen-bond acceptors (Lipinski definition) is 7. The molecule has 1 aromatic heterocycles. The van der Waals surface area contributed by atoms with Crippen LogP contribution in [0.25, 0.3) is 0 Å². The molecule has 0 atom stereocenters. The molecule has 0 N–H and O–H groups in total. The summed E-state index contributed by atoms with van der Waals surface area (Å²) in [7, 11) is 0. The zero-order chi connectivity index (χ0) is 26.2. The van der Waals surface area contributed by atoms with Crippen molar-refractivity contribution in [2.45, 2.75) is 115 Å². The molecule has 0 radical (unpaired) electrons. The van der Waals surface area contributed by atoms with Crippen molar-refractivity contribution in [3.63, 3.8) is 0 Å². The molecule has 0 aliphatic heterocycles. The molecule has 0 spiro atoms. The molecule has 1 heterocycles. The van der Waals surface area contributed by atoms with Crippen molar-refractivity contribution in [1.82, 2.24) is 14.8 Å². The predicted octanol–water partition coefficient (Wildman–Crippen LogP) is 7.69. The molecule has 2 aromatic rings. The summed E-state index contributed by atoms with van der Waals surface area (Å²) in [5, 5.41) is 28.4. The number of aromatic nitrogens is 3. The van der Waals surface area contributed by atoms with Crippen LogP contribution in [0.2, 0.25) is 0 Å². The number of unbranched alkanes of at least 4 members (excludes halogenated alkanes) is 10. The SMILES string of the molecule is CCCCCCCCSc1c(CCn2cncn2)cc([N+](=O)[O-])c(CCCCCCCC)c1[N+](=O)[O-]. The normalized spacial score (nSPS) is 11.2. The van der Waals surface area contributed by atoms with Crippen molar-refractivity contribution in [3.8, 4) is 0 Å². The van der Waals surface area contributed by atoms with Gasteiger partial charge in [-0.1, -0.05) is 78.1 Å². The Morgan fingerprint density at radius 3 is 2.08 bits per heavy atom. The minimum Gasteiger partial charge on any atom is -0.258 e. The largest absolute Gasteiger partial charge is 0.293 e. The minimum atomic E-state index is -0.458. The van der Waals surface area contributed by atoms with Gasteiger partial charge in [0.1, 0.15) is 18.2 Å². The zero-order valence-corrected chi connectivity index (χ0v) is 22.6. The molecular weight excluding hydrogens is 478 g/mol. The fourth-order valence-electron chi connectivity index (χ4n) is 4.40. The number of nitro groups is 2. The molecule has 0 aliphatic rings. The van der Waals surface area contributed by atoms with Crippen molar-refractivity contribution >= 4 is 23.1 Å². The van der Waals surface area contributed by atoms with Gasteiger partial charge in [0.15, 0.2) is 0 Å². The Balaban J connectivity index is 2.29. The summed E-state index contributed by atoms with van der Waals surface area (Å²) in [4.78, 5) is 28.0. The lowest BCUT2D eigenvalue weighted by Gasteiger charge is -2.14. The van der Waals surface area contributed by atoms with E-state index in [2.05, 4.69) is 23.9 Å². The second-order valence-corrected chi connectivity index (χ2v) is 10.4. The van der Waals surface area contributed by atoms with Gasteiger partial charge in [-0.25, -0.2) is 4.98 Å². The van der Waals surface area contributed by atoms with Gasteiger partial charge in [-0.05, 0) is 37.0 Å². The van der Waals surface area contributed by atoms with Gasteiger partial charge in [-0.3, -0.25) is 24.9 Å². The Morgan fingerprint density at radius 1 is 0.861 bits per heavy atom. The van der Waals surface area contributed by atoms with Crippen LogP contribution < -0.4 is 0 Å². The van der Waals surface area contributed by atoms with Gasteiger partial charge in [-0.2, -0.15) is 5.10 Å². The first kappa shape index (κ1) is 29.7. The molecule has 0 saturated carbocycles. The molecule has 0 unspecified atom stereocenters. The first-order valence-corrected chi connectivity index (χ1v) is 14.4. The molecule has 2 rings (SSSR count). The topological polar surface area (TPSA) is 117 Å². The molecule has 0 bridgehead atoms. The standard InChI is InChI=1S/C26H41N5O4S/c1-3-5-7-9-11-13-15-23-24(30(32)33)19-22(16-17-29-21-27-20-28-29)26(25(23)31(34)35)36-18-14-12-10-8-6-4-2/h19-21H,3-18H2,1-2H3. The van der Waals surface area contributed by atoms with Gasteiger partial charge in [0.05, 0.1) is 14.7 Å². The van der Waals surface area contributed by atoms with Crippen molar-refractivity contribution in [3.05, 3.63) is 50.1 Å². The van der Waals surface area contributed by atoms with E-state index in [9.17, 15) is 20.2 Å². The smallest absolute Gasteiger partial charge is 0.258 e. The number of hydrogen-bond donors (Lipinski definition) is 0. The van der Waals surface area contributed by atoms with Crippen molar-refractivity contribution in [2.24, 2.45) is 0 Å². The molecule has 1 aromatic carbocycles. The summed E-state index contributed by atoms with van der Waals surface area (Å²) in [6.45, 7) is 4.80. The fourth-order valence-corrected chi connectivity index (χ4v) is 5.63. The number of benzene rings is 1. The third kappa shape index (κ3) is 9.87. The average Bonchev–Trinajstić information content (AvgIpc) is 3.38.